The number of anilines is 1. The highest BCUT2D eigenvalue weighted by molar-refractivity contribution is 5.52. The molecule has 3 rings (SSSR count). The zero-order valence-corrected chi connectivity index (χ0v) is 21.3. The third-order valence-electron chi connectivity index (χ3n) is 5.62. The molecule has 0 aliphatic carbocycles. The first kappa shape index (κ1) is 30.8. The Morgan fingerprint density at radius 2 is 1.70 bits per heavy atom. The summed E-state index contributed by atoms with van der Waals surface area (Å²) in [5, 5.41) is 18.6. The van der Waals surface area contributed by atoms with Crippen molar-refractivity contribution in [3.05, 3.63) is 65.2 Å². The van der Waals surface area contributed by atoms with Gasteiger partial charge >= 0.3 is 0 Å². The summed E-state index contributed by atoms with van der Waals surface area (Å²) in [6, 6.07) is 17.7. The van der Waals surface area contributed by atoms with Crippen LogP contribution < -0.4 is 5.32 Å². The first-order chi connectivity index (χ1) is 15.9. The maximum absolute atomic E-state index is 8.81. The van der Waals surface area contributed by atoms with Crippen LogP contribution in [-0.2, 0) is 14.9 Å². The predicted octanol–water partition coefficient (Wildman–Crippen LogP) is 4.41. The lowest BCUT2D eigenvalue weighted by atomic mass is 9.72. The van der Waals surface area contributed by atoms with Gasteiger partial charge in [-0.05, 0) is 77.9 Å². The van der Waals surface area contributed by atoms with Gasteiger partial charge in [0.15, 0.2) is 0 Å². The van der Waals surface area contributed by atoms with Gasteiger partial charge in [0.1, 0.15) is 13.1 Å². The Morgan fingerprint density at radius 3 is 2.15 bits per heavy atom. The predicted molar refractivity (Wildman–Crippen MR) is 140 cm³/mol. The van der Waals surface area contributed by atoms with Gasteiger partial charge in [0.05, 0.1) is 0 Å². The van der Waals surface area contributed by atoms with E-state index in [4.69, 9.17) is 15.0 Å². The van der Waals surface area contributed by atoms with Crippen molar-refractivity contribution in [3.8, 4) is 0 Å². The van der Waals surface area contributed by atoms with Crippen LogP contribution >= 0.6 is 0 Å². The summed E-state index contributed by atoms with van der Waals surface area (Å²) in [7, 11) is 3.23. The maximum Gasteiger partial charge on any atom is 0.143 e. The molecular weight excluding hydrogens is 416 g/mol. The molecule has 0 unspecified atom stereocenters. The van der Waals surface area contributed by atoms with E-state index in [9.17, 15) is 0 Å². The average Bonchev–Trinajstić information content (AvgIpc) is 2.83. The molecule has 0 bridgehead atoms. The van der Waals surface area contributed by atoms with Gasteiger partial charge in [0, 0.05) is 32.8 Å². The summed E-state index contributed by atoms with van der Waals surface area (Å²) in [5.41, 5.74) is 5.65. The number of rotatable bonds is 6. The summed E-state index contributed by atoms with van der Waals surface area (Å²) in [4.78, 5) is 11.2. The molecule has 2 aromatic rings. The average molecular weight is 463 g/mol. The van der Waals surface area contributed by atoms with Gasteiger partial charge < -0.3 is 30.0 Å². The molecule has 1 heterocycles. The highest BCUT2D eigenvalue weighted by atomic mass is 16.6. The van der Waals surface area contributed by atoms with Crippen molar-refractivity contribution < 1.29 is 21.2 Å². The van der Waals surface area contributed by atoms with Crippen LogP contribution in [0.1, 0.15) is 44.8 Å². The number of carbonyl (C=O) groups is 1. The molecule has 0 aromatic heterocycles. The number of aryl methyl sites for hydroxylation is 2. The fraction of sp³-hybridized carbons (Fsp3) is 0.519. The Hall–Kier alpha value is -2.25. The maximum atomic E-state index is 8.81. The van der Waals surface area contributed by atoms with Gasteiger partial charge in [-0.2, -0.15) is 0 Å². The fourth-order valence-electron chi connectivity index (χ4n) is 3.77. The summed E-state index contributed by atoms with van der Waals surface area (Å²) in [5.74, 6) is 0. The van der Waals surface area contributed by atoms with Crippen LogP contribution in [0.15, 0.2) is 48.5 Å². The molecule has 3 N–H and O–H groups in total. The van der Waals surface area contributed by atoms with Crippen molar-refractivity contribution in [2.75, 3.05) is 52.5 Å². The number of aliphatic hydroxyl groups excluding tert-OH is 2. The number of hydrogen-bond acceptors (Lipinski definition) is 6. The number of piperidine rings is 1. The molecule has 6 heteroatoms. The van der Waals surface area contributed by atoms with Gasteiger partial charge in [-0.25, -0.2) is 0 Å². The number of aldehydes is 1. The second-order valence-corrected chi connectivity index (χ2v) is 7.98. The van der Waals surface area contributed by atoms with Gasteiger partial charge in [0.25, 0.3) is 0 Å². The number of hydrogen-bond donors (Lipinski definition) is 3. The Bertz CT molecular complexity index is 750. The third-order valence-corrected chi connectivity index (χ3v) is 5.62. The highest BCUT2D eigenvalue weighted by Gasteiger charge is 2.35. The Kier molecular flexibility index (Phi) is 17.0. The first-order valence-electron chi connectivity index (χ1n) is 11.5. The lowest BCUT2D eigenvalue weighted by Crippen LogP contribution is -2.45. The molecule has 0 radical (unpaired) electrons. The molecule has 1 fully saturated rings. The van der Waals surface area contributed by atoms with E-state index in [1.807, 2.05) is 6.92 Å². The van der Waals surface area contributed by atoms with Crippen LogP contribution in [0.3, 0.4) is 0 Å². The molecule has 1 aliphatic rings. The number of ether oxygens (including phenoxy) is 1. The largest absolute Gasteiger partial charge is 0.400 e. The van der Waals surface area contributed by atoms with E-state index in [-0.39, 0.29) is 13.6 Å². The summed E-state index contributed by atoms with van der Waals surface area (Å²) in [6.07, 6.45) is 3.18. The van der Waals surface area contributed by atoms with Crippen LogP contribution in [0.25, 0.3) is 0 Å². The molecule has 0 atom stereocenters. The van der Waals surface area contributed by atoms with Crippen molar-refractivity contribution in [3.63, 3.8) is 0 Å². The SMILES string of the molecule is CC=O.CCOCO.CO.Cc1ccc(NCC2(c3ccccc3)CCN(C)CC2)c(C)c1.[HH]. The lowest BCUT2D eigenvalue weighted by molar-refractivity contribution is -0.106. The molecule has 1 saturated heterocycles. The van der Waals surface area contributed by atoms with Gasteiger partial charge in [-0.15, -0.1) is 0 Å². The lowest BCUT2D eigenvalue weighted by Gasteiger charge is -2.41. The quantitative estimate of drug-likeness (QED) is 0.436. The highest BCUT2D eigenvalue weighted by Crippen LogP contribution is 2.35. The van der Waals surface area contributed by atoms with E-state index in [1.165, 1.54) is 55.2 Å². The van der Waals surface area contributed by atoms with Crippen molar-refractivity contribution >= 4 is 12.0 Å². The van der Waals surface area contributed by atoms with E-state index in [1.54, 1.807) is 0 Å². The molecule has 0 spiro atoms. The van der Waals surface area contributed by atoms with Gasteiger partial charge in [-0.1, -0.05) is 48.0 Å². The molecule has 0 amide bonds. The van der Waals surface area contributed by atoms with Crippen LogP contribution in [0.5, 0.6) is 0 Å². The Morgan fingerprint density at radius 1 is 1.12 bits per heavy atom. The topological polar surface area (TPSA) is 82.0 Å². The molecule has 0 saturated carbocycles. The smallest absolute Gasteiger partial charge is 0.143 e. The van der Waals surface area contributed by atoms with Crippen molar-refractivity contribution in [1.82, 2.24) is 4.90 Å². The Labute approximate surface area is 202 Å². The molecule has 6 nitrogen and oxygen atoms in total. The second-order valence-electron chi connectivity index (χ2n) is 7.98. The number of nitrogens with zero attached hydrogens (tertiary/aromatic N) is 1. The second kappa shape index (κ2) is 18.2. The number of likely N-dealkylation sites (tertiary alicyclic amines) is 1. The summed E-state index contributed by atoms with van der Waals surface area (Å²) in [6.45, 7) is 11.4. The monoisotopic (exact) mass is 462 g/mol. The molecule has 188 valence electrons. The minimum atomic E-state index is -0.156. The summed E-state index contributed by atoms with van der Waals surface area (Å²) >= 11 is 0. The van der Waals surface area contributed by atoms with Crippen molar-refractivity contribution in [2.45, 2.75) is 46.0 Å². The van der Waals surface area contributed by atoms with Crippen molar-refractivity contribution in [1.29, 1.82) is 0 Å². The molecular formula is C27H46N2O4. The molecule has 1 aliphatic heterocycles. The van der Waals surface area contributed by atoms with E-state index >= 15 is 0 Å². The van der Waals surface area contributed by atoms with Crippen molar-refractivity contribution in [2.24, 2.45) is 0 Å². The summed E-state index contributed by atoms with van der Waals surface area (Å²) < 4.78 is 4.39. The van der Waals surface area contributed by atoms with E-state index in [0.717, 1.165) is 19.9 Å². The molecule has 33 heavy (non-hydrogen) atoms. The minimum absolute atomic E-state index is 0. The first-order valence-corrected chi connectivity index (χ1v) is 11.5. The van der Waals surface area contributed by atoms with Crippen LogP contribution in [0.2, 0.25) is 0 Å². The fourth-order valence-corrected chi connectivity index (χ4v) is 3.77. The van der Waals surface area contributed by atoms with Crippen LogP contribution in [-0.4, -0.2) is 68.6 Å². The number of nitrogens with one attached hydrogen (secondary N) is 1. The van der Waals surface area contributed by atoms with Crippen LogP contribution in [0.4, 0.5) is 5.69 Å². The number of aliphatic hydroxyl groups is 2. The minimum Gasteiger partial charge on any atom is -0.400 e. The van der Waals surface area contributed by atoms with E-state index in [0.29, 0.717) is 6.61 Å². The zero-order chi connectivity index (χ0) is 25.1. The van der Waals surface area contributed by atoms with Gasteiger partial charge in [-0.3, -0.25) is 0 Å². The van der Waals surface area contributed by atoms with Gasteiger partial charge in [0.2, 0.25) is 0 Å². The third kappa shape index (κ3) is 11.4. The Balaban J connectivity index is 0. The standard InChI is InChI=1S/C21H28N2.C3H8O2.C2H4O.CH4O.H2/c1-17-9-10-20(18(2)15-17)22-16-21(11-13-23(3)14-12-21)19-7-5-4-6-8-19;1-2-5-3-4;1-2-3;1-2;/h4-10,15,22H,11-14,16H2,1-3H3;4H,2-3H2,1H3;2H,1H3;2H,1H3;1H. The van der Waals surface area contributed by atoms with Crippen LogP contribution in [0, 0.1) is 13.8 Å². The van der Waals surface area contributed by atoms with E-state index < -0.39 is 0 Å². The number of carbonyl (C=O) groups excluding carboxylic acids is 1. The van der Waals surface area contributed by atoms with E-state index in [2.05, 4.69) is 84.4 Å². The zero-order valence-electron chi connectivity index (χ0n) is 21.3. The molecule has 2 aromatic carbocycles. The normalized spacial score (nSPS) is 14.3. The number of benzene rings is 2.